The monoisotopic (exact) mass is 382 g/mol. The van der Waals surface area contributed by atoms with E-state index in [1.165, 1.54) is 12.1 Å². The molecule has 0 aliphatic carbocycles. The van der Waals surface area contributed by atoms with Crippen LogP contribution < -0.4 is 10.1 Å². The molecular weight excluding hydrogens is 359 g/mol. The molecule has 0 aliphatic rings. The fourth-order valence-electron chi connectivity index (χ4n) is 2.51. The van der Waals surface area contributed by atoms with Crippen LogP contribution in [-0.4, -0.2) is 11.1 Å². The van der Waals surface area contributed by atoms with Crippen LogP contribution in [-0.2, 0) is 23.2 Å². The Morgan fingerprint density at radius 1 is 1.07 bits per heavy atom. The van der Waals surface area contributed by atoms with Gasteiger partial charge in [0.15, 0.2) is 5.82 Å². The first-order chi connectivity index (χ1) is 13.3. The minimum absolute atomic E-state index is 0.167. The number of nitrogens with one attached hydrogen (secondary N) is 1. The van der Waals surface area contributed by atoms with E-state index >= 15 is 0 Å². The van der Waals surface area contributed by atoms with Crippen LogP contribution in [0.2, 0.25) is 0 Å². The molecule has 0 aliphatic heterocycles. The van der Waals surface area contributed by atoms with Crippen LogP contribution in [0.4, 0.5) is 10.2 Å². The molecule has 1 aromatic heterocycles. The number of benzene rings is 2. The average molecular weight is 382 g/mol. The largest absolute Gasteiger partial charge is 0.489 e. The number of carbonyl (C=O) groups is 1. The van der Waals surface area contributed by atoms with Gasteiger partial charge >= 0.3 is 0 Å². The summed E-state index contributed by atoms with van der Waals surface area (Å²) in [6.45, 7) is 6.39. The third-order valence-electron chi connectivity index (χ3n) is 4.12. The van der Waals surface area contributed by atoms with Gasteiger partial charge < -0.3 is 14.6 Å². The summed E-state index contributed by atoms with van der Waals surface area (Å²) in [6.07, 6.45) is 0.218. The lowest BCUT2D eigenvalue weighted by molar-refractivity contribution is -0.115. The molecule has 1 amide bonds. The third kappa shape index (κ3) is 5.42. The maximum Gasteiger partial charge on any atom is 0.230 e. The van der Waals surface area contributed by atoms with Crippen LogP contribution >= 0.6 is 0 Å². The molecular formula is C22H23FN2O3. The van der Waals surface area contributed by atoms with Crippen molar-refractivity contribution in [3.05, 3.63) is 77.3 Å². The van der Waals surface area contributed by atoms with Gasteiger partial charge in [-0.1, -0.05) is 50.2 Å². The average Bonchev–Trinajstić information content (AvgIpc) is 3.11. The molecule has 0 saturated carbocycles. The van der Waals surface area contributed by atoms with E-state index < -0.39 is 0 Å². The zero-order chi connectivity index (χ0) is 20.1. The lowest BCUT2D eigenvalue weighted by atomic mass is 9.93. The van der Waals surface area contributed by atoms with Gasteiger partial charge in [-0.25, -0.2) is 4.39 Å². The van der Waals surface area contributed by atoms with Crippen LogP contribution in [0.1, 0.15) is 37.7 Å². The molecule has 28 heavy (non-hydrogen) atoms. The topological polar surface area (TPSA) is 64.4 Å². The van der Waals surface area contributed by atoms with Crippen LogP contribution in [0.3, 0.4) is 0 Å². The molecule has 3 aromatic rings. The van der Waals surface area contributed by atoms with Gasteiger partial charge in [-0.05, 0) is 35.4 Å². The Hall–Kier alpha value is -3.15. The Morgan fingerprint density at radius 2 is 1.71 bits per heavy atom. The van der Waals surface area contributed by atoms with E-state index in [1.54, 1.807) is 30.3 Å². The summed E-state index contributed by atoms with van der Waals surface area (Å²) in [5, 5.41) is 6.63. The Kier molecular flexibility index (Phi) is 5.78. The van der Waals surface area contributed by atoms with Gasteiger partial charge in [0.2, 0.25) is 5.91 Å². The van der Waals surface area contributed by atoms with Crippen LogP contribution in [0.5, 0.6) is 5.75 Å². The number of hydrogen-bond acceptors (Lipinski definition) is 4. The summed E-state index contributed by atoms with van der Waals surface area (Å²) in [4.78, 5) is 12.2. The summed E-state index contributed by atoms with van der Waals surface area (Å²) in [6, 6.07) is 15.2. The Bertz CT molecular complexity index is 926. The first-order valence-corrected chi connectivity index (χ1v) is 9.03. The van der Waals surface area contributed by atoms with Crippen molar-refractivity contribution in [2.24, 2.45) is 0 Å². The number of nitrogens with zero attached hydrogens (tertiary/aromatic N) is 1. The number of carbonyl (C=O) groups excluding carboxylic acids is 1. The summed E-state index contributed by atoms with van der Waals surface area (Å²) < 4.78 is 23.8. The number of aromatic nitrogens is 1. The molecule has 146 valence electrons. The number of ether oxygens (including phenoxy) is 1. The van der Waals surface area contributed by atoms with Gasteiger partial charge in [0.25, 0.3) is 0 Å². The van der Waals surface area contributed by atoms with Gasteiger partial charge in [-0.15, -0.1) is 0 Å². The van der Waals surface area contributed by atoms with Crippen molar-refractivity contribution in [1.82, 2.24) is 5.16 Å². The zero-order valence-electron chi connectivity index (χ0n) is 16.2. The van der Waals surface area contributed by atoms with Crippen molar-refractivity contribution < 1.29 is 18.4 Å². The first-order valence-electron chi connectivity index (χ1n) is 9.03. The van der Waals surface area contributed by atoms with E-state index in [0.717, 1.165) is 11.1 Å². The molecule has 0 fully saturated rings. The molecule has 6 heteroatoms. The predicted molar refractivity (Wildman–Crippen MR) is 105 cm³/mol. The molecule has 0 bridgehead atoms. The molecule has 1 N–H and O–H groups in total. The van der Waals surface area contributed by atoms with E-state index in [4.69, 9.17) is 9.26 Å². The zero-order valence-corrected chi connectivity index (χ0v) is 16.2. The molecule has 3 rings (SSSR count). The standard InChI is InChI=1S/C22H23FN2O3/c1-22(2,3)19-13-20(25-28-19)24-21(26)12-15-6-10-18(11-7-15)27-14-16-4-8-17(23)9-5-16/h4-11,13H,12,14H2,1-3H3,(H,24,25,26). The number of hydrogen-bond donors (Lipinski definition) is 1. The number of anilines is 1. The molecule has 0 saturated heterocycles. The van der Waals surface area contributed by atoms with E-state index in [2.05, 4.69) is 10.5 Å². The molecule has 0 atom stereocenters. The number of rotatable bonds is 6. The summed E-state index contributed by atoms with van der Waals surface area (Å²) in [5.41, 5.74) is 1.57. The van der Waals surface area contributed by atoms with Crippen LogP contribution in [0.25, 0.3) is 0 Å². The second-order valence-corrected chi connectivity index (χ2v) is 7.61. The lowest BCUT2D eigenvalue weighted by Gasteiger charge is -2.12. The second-order valence-electron chi connectivity index (χ2n) is 7.61. The van der Waals surface area contributed by atoms with E-state index in [0.29, 0.717) is 23.9 Å². The molecule has 1 heterocycles. The molecule has 2 aromatic carbocycles. The van der Waals surface area contributed by atoms with Gasteiger partial charge in [0.1, 0.15) is 23.9 Å². The fraction of sp³-hybridized carbons (Fsp3) is 0.273. The van der Waals surface area contributed by atoms with Crippen molar-refractivity contribution in [1.29, 1.82) is 0 Å². The van der Waals surface area contributed by atoms with Crippen molar-refractivity contribution in [2.45, 2.75) is 39.2 Å². The third-order valence-corrected chi connectivity index (χ3v) is 4.12. The lowest BCUT2D eigenvalue weighted by Crippen LogP contribution is -2.14. The quantitative estimate of drug-likeness (QED) is 0.660. The SMILES string of the molecule is CC(C)(C)c1cc(NC(=O)Cc2ccc(OCc3ccc(F)cc3)cc2)no1. The molecule has 5 nitrogen and oxygen atoms in total. The summed E-state index contributed by atoms with van der Waals surface area (Å²) in [7, 11) is 0. The van der Waals surface area contributed by atoms with E-state index in [-0.39, 0.29) is 23.6 Å². The normalized spacial score (nSPS) is 11.3. The Morgan fingerprint density at radius 3 is 2.32 bits per heavy atom. The highest BCUT2D eigenvalue weighted by Crippen LogP contribution is 2.24. The number of halogens is 1. The smallest absolute Gasteiger partial charge is 0.230 e. The maximum absolute atomic E-state index is 12.9. The van der Waals surface area contributed by atoms with Gasteiger partial charge in [0, 0.05) is 11.5 Å². The maximum atomic E-state index is 12.9. The Balaban J connectivity index is 1.51. The van der Waals surface area contributed by atoms with E-state index in [1.807, 2.05) is 32.9 Å². The van der Waals surface area contributed by atoms with Gasteiger partial charge in [-0.3, -0.25) is 4.79 Å². The number of amides is 1. The van der Waals surface area contributed by atoms with Gasteiger partial charge in [0.05, 0.1) is 6.42 Å². The van der Waals surface area contributed by atoms with E-state index in [9.17, 15) is 9.18 Å². The Labute approximate surface area is 163 Å². The first kappa shape index (κ1) is 19.6. The van der Waals surface area contributed by atoms with Crippen molar-refractivity contribution >= 4 is 11.7 Å². The van der Waals surface area contributed by atoms with Crippen molar-refractivity contribution in [3.63, 3.8) is 0 Å². The molecule has 0 radical (unpaired) electrons. The minimum atomic E-state index is -0.272. The highest BCUT2D eigenvalue weighted by molar-refractivity contribution is 5.91. The molecule has 0 unspecified atom stereocenters. The van der Waals surface area contributed by atoms with Crippen LogP contribution in [0, 0.1) is 5.82 Å². The van der Waals surface area contributed by atoms with Gasteiger partial charge in [-0.2, -0.15) is 0 Å². The predicted octanol–water partition coefficient (Wildman–Crippen LogP) is 4.87. The summed E-state index contributed by atoms with van der Waals surface area (Å²) >= 11 is 0. The van der Waals surface area contributed by atoms with Crippen molar-refractivity contribution in [2.75, 3.05) is 5.32 Å². The minimum Gasteiger partial charge on any atom is -0.489 e. The van der Waals surface area contributed by atoms with Crippen LogP contribution in [0.15, 0.2) is 59.1 Å². The summed E-state index contributed by atoms with van der Waals surface area (Å²) in [5.74, 6) is 1.36. The highest BCUT2D eigenvalue weighted by atomic mass is 19.1. The fourth-order valence-corrected chi connectivity index (χ4v) is 2.51. The molecule has 0 spiro atoms. The highest BCUT2D eigenvalue weighted by Gasteiger charge is 2.20. The van der Waals surface area contributed by atoms with Crippen molar-refractivity contribution in [3.8, 4) is 5.75 Å². The second kappa shape index (κ2) is 8.25.